The molecule has 0 aliphatic carbocycles. The number of alkyl halides is 1. The van der Waals surface area contributed by atoms with E-state index in [0.717, 1.165) is 5.75 Å². The summed E-state index contributed by atoms with van der Waals surface area (Å²) in [4.78, 5) is 0. The van der Waals surface area contributed by atoms with Crippen LogP contribution in [0.3, 0.4) is 0 Å². The van der Waals surface area contributed by atoms with Crippen molar-refractivity contribution in [3.8, 4) is 17.2 Å². The lowest BCUT2D eigenvalue weighted by Gasteiger charge is -2.10. The van der Waals surface area contributed by atoms with Crippen LogP contribution in [0.2, 0.25) is 0 Å². The van der Waals surface area contributed by atoms with Crippen LogP contribution in [0.5, 0.6) is 17.2 Å². The van der Waals surface area contributed by atoms with E-state index >= 15 is 0 Å². The normalized spacial score (nSPS) is 10.3. The molecule has 0 aromatic heterocycles. The van der Waals surface area contributed by atoms with E-state index in [-0.39, 0.29) is 11.7 Å². The Kier molecular flexibility index (Phi) is 4.63. The summed E-state index contributed by atoms with van der Waals surface area (Å²) in [6, 6.07) is 11.5. The highest BCUT2D eigenvalue weighted by Gasteiger charge is 2.06. The molecule has 4 heteroatoms. The summed E-state index contributed by atoms with van der Waals surface area (Å²) in [5, 5.41) is 0. The number of halogens is 2. The molecule has 0 saturated carbocycles. The highest BCUT2D eigenvalue weighted by molar-refractivity contribution is 6.17. The first-order chi connectivity index (χ1) is 9.22. The topological polar surface area (TPSA) is 18.5 Å². The Morgan fingerprint density at radius 2 is 1.74 bits per heavy atom. The SMILES string of the molecule is CCOc1ccc(Oc2ccc(F)cc2CCl)cc1. The van der Waals surface area contributed by atoms with Gasteiger partial charge >= 0.3 is 0 Å². The second-order valence-corrected chi connectivity index (χ2v) is 4.16. The molecular weight excluding hydrogens is 267 g/mol. The van der Waals surface area contributed by atoms with Gasteiger partial charge in [0.2, 0.25) is 0 Å². The number of benzene rings is 2. The average Bonchev–Trinajstić information content (AvgIpc) is 2.43. The fourth-order valence-corrected chi connectivity index (χ4v) is 1.86. The summed E-state index contributed by atoms with van der Waals surface area (Å²) in [6.07, 6.45) is 0. The Morgan fingerprint density at radius 1 is 1.05 bits per heavy atom. The molecular formula is C15H14ClFO2. The van der Waals surface area contributed by atoms with Crippen LogP contribution in [0.15, 0.2) is 42.5 Å². The second-order valence-electron chi connectivity index (χ2n) is 3.89. The third-order valence-electron chi connectivity index (χ3n) is 2.53. The number of hydrogen-bond acceptors (Lipinski definition) is 2. The van der Waals surface area contributed by atoms with E-state index < -0.39 is 0 Å². The average molecular weight is 281 g/mol. The lowest BCUT2D eigenvalue weighted by molar-refractivity contribution is 0.339. The summed E-state index contributed by atoms with van der Waals surface area (Å²) >= 11 is 5.77. The van der Waals surface area contributed by atoms with Crippen molar-refractivity contribution < 1.29 is 13.9 Å². The smallest absolute Gasteiger partial charge is 0.132 e. The lowest BCUT2D eigenvalue weighted by Crippen LogP contribution is -1.93. The van der Waals surface area contributed by atoms with Crippen LogP contribution in [0.1, 0.15) is 12.5 Å². The van der Waals surface area contributed by atoms with Crippen molar-refractivity contribution in [1.29, 1.82) is 0 Å². The summed E-state index contributed by atoms with van der Waals surface area (Å²) in [5.41, 5.74) is 0.621. The fraction of sp³-hybridized carbons (Fsp3) is 0.200. The first-order valence-electron chi connectivity index (χ1n) is 5.98. The van der Waals surface area contributed by atoms with Gasteiger partial charge in [-0.1, -0.05) is 0 Å². The molecule has 0 amide bonds. The van der Waals surface area contributed by atoms with Gasteiger partial charge in [0.15, 0.2) is 0 Å². The third kappa shape index (κ3) is 3.61. The first kappa shape index (κ1) is 13.7. The summed E-state index contributed by atoms with van der Waals surface area (Å²) < 4.78 is 24.1. The minimum absolute atomic E-state index is 0.199. The van der Waals surface area contributed by atoms with Crippen molar-refractivity contribution in [2.75, 3.05) is 6.61 Å². The highest BCUT2D eigenvalue weighted by Crippen LogP contribution is 2.28. The van der Waals surface area contributed by atoms with E-state index in [9.17, 15) is 4.39 Å². The van der Waals surface area contributed by atoms with E-state index in [4.69, 9.17) is 21.1 Å². The van der Waals surface area contributed by atoms with Crippen LogP contribution in [0.4, 0.5) is 4.39 Å². The molecule has 0 saturated heterocycles. The van der Waals surface area contributed by atoms with Crippen molar-refractivity contribution in [2.24, 2.45) is 0 Å². The van der Waals surface area contributed by atoms with E-state index in [2.05, 4.69) is 0 Å². The van der Waals surface area contributed by atoms with Gasteiger partial charge in [0.1, 0.15) is 23.1 Å². The maximum Gasteiger partial charge on any atom is 0.132 e. The Labute approximate surface area is 116 Å². The molecule has 0 aliphatic heterocycles. The summed E-state index contributed by atoms with van der Waals surface area (Å²) in [7, 11) is 0. The molecule has 0 spiro atoms. The molecule has 19 heavy (non-hydrogen) atoms. The number of ether oxygens (including phenoxy) is 2. The summed E-state index contributed by atoms with van der Waals surface area (Å²) in [5.74, 6) is 1.87. The highest BCUT2D eigenvalue weighted by atomic mass is 35.5. The molecule has 2 rings (SSSR count). The van der Waals surface area contributed by atoms with Crippen LogP contribution >= 0.6 is 11.6 Å². The standard InChI is InChI=1S/C15H14ClFO2/c1-2-18-13-4-6-14(7-5-13)19-15-8-3-12(17)9-11(15)10-16/h3-9H,2,10H2,1H3. The Morgan fingerprint density at radius 3 is 2.37 bits per heavy atom. The molecule has 0 radical (unpaired) electrons. The molecule has 0 atom stereocenters. The quantitative estimate of drug-likeness (QED) is 0.736. The van der Waals surface area contributed by atoms with Gasteiger partial charge in [-0.05, 0) is 49.4 Å². The molecule has 2 aromatic carbocycles. The molecule has 0 bridgehead atoms. The predicted molar refractivity (Wildman–Crippen MR) is 73.6 cm³/mol. The number of rotatable bonds is 5. The molecule has 2 nitrogen and oxygen atoms in total. The van der Waals surface area contributed by atoms with Crippen LogP contribution in [0.25, 0.3) is 0 Å². The molecule has 0 unspecified atom stereocenters. The van der Waals surface area contributed by atoms with Crippen LogP contribution in [-0.4, -0.2) is 6.61 Å². The number of hydrogen-bond donors (Lipinski definition) is 0. The van der Waals surface area contributed by atoms with Gasteiger partial charge in [-0.2, -0.15) is 0 Å². The maximum atomic E-state index is 13.1. The van der Waals surface area contributed by atoms with Gasteiger partial charge in [-0.25, -0.2) is 4.39 Å². The molecule has 0 N–H and O–H groups in total. The van der Waals surface area contributed by atoms with Gasteiger partial charge in [0.25, 0.3) is 0 Å². The predicted octanol–water partition coefficient (Wildman–Crippen LogP) is 4.76. The van der Waals surface area contributed by atoms with Gasteiger partial charge in [0.05, 0.1) is 12.5 Å². The van der Waals surface area contributed by atoms with Crippen molar-refractivity contribution in [3.63, 3.8) is 0 Å². The summed E-state index contributed by atoms with van der Waals surface area (Å²) in [6.45, 7) is 2.55. The Bertz CT molecular complexity index is 540. The van der Waals surface area contributed by atoms with Crippen molar-refractivity contribution >= 4 is 11.6 Å². The largest absolute Gasteiger partial charge is 0.494 e. The van der Waals surface area contributed by atoms with E-state index in [1.807, 2.05) is 19.1 Å². The minimum Gasteiger partial charge on any atom is -0.494 e. The van der Waals surface area contributed by atoms with Gasteiger partial charge in [-0.3, -0.25) is 0 Å². The van der Waals surface area contributed by atoms with E-state index in [1.165, 1.54) is 12.1 Å². The van der Waals surface area contributed by atoms with E-state index in [0.29, 0.717) is 23.7 Å². The first-order valence-corrected chi connectivity index (χ1v) is 6.51. The van der Waals surface area contributed by atoms with Crippen molar-refractivity contribution in [2.45, 2.75) is 12.8 Å². The van der Waals surface area contributed by atoms with E-state index in [1.54, 1.807) is 18.2 Å². The minimum atomic E-state index is -0.324. The van der Waals surface area contributed by atoms with Gasteiger partial charge in [0, 0.05) is 5.56 Å². The monoisotopic (exact) mass is 280 g/mol. The van der Waals surface area contributed by atoms with Crippen LogP contribution < -0.4 is 9.47 Å². The zero-order valence-corrected chi connectivity index (χ0v) is 11.3. The van der Waals surface area contributed by atoms with Crippen molar-refractivity contribution in [3.05, 3.63) is 53.8 Å². The fourth-order valence-electron chi connectivity index (χ4n) is 1.65. The Balaban J connectivity index is 2.16. The zero-order chi connectivity index (χ0) is 13.7. The van der Waals surface area contributed by atoms with Crippen molar-refractivity contribution in [1.82, 2.24) is 0 Å². The second kappa shape index (κ2) is 6.43. The molecule has 0 heterocycles. The van der Waals surface area contributed by atoms with Crippen LogP contribution in [0, 0.1) is 5.82 Å². The van der Waals surface area contributed by atoms with Crippen LogP contribution in [-0.2, 0) is 5.88 Å². The molecule has 100 valence electrons. The zero-order valence-electron chi connectivity index (χ0n) is 10.5. The molecule has 0 fully saturated rings. The Hall–Kier alpha value is -1.74. The van der Waals surface area contributed by atoms with Gasteiger partial charge < -0.3 is 9.47 Å². The third-order valence-corrected chi connectivity index (χ3v) is 2.82. The molecule has 0 aliphatic rings. The van der Waals surface area contributed by atoms with Gasteiger partial charge in [-0.15, -0.1) is 11.6 Å². The molecule has 2 aromatic rings. The lowest BCUT2D eigenvalue weighted by atomic mass is 10.2. The maximum absolute atomic E-state index is 13.1.